The van der Waals surface area contributed by atoms with Crippen molar-refractivity contribution in [2.75, 3.05) is 6.54 Å². The molecule has 0 radical (unpaired) electrons. The summed E-state index contributed by atoms with van der Waals surface area (Å²) in [6.07, 6.45) is 19.3. The molecule has 0 aliphatic carbocycles. The Bertz CT molecular complexity index is 384. The molecule has 0 fully saturated rings. The highest BCUT2D eigenvalue weighted by Crippen LogP contribution is 2.09. The first-order valence-corrected chi connectivity index (χ1v) is 10.1. The van der Waals surface area contributed by atoms with Gasteiger partial charge < -0.3 is 5.32 Å². The lowest BCUT2D eigenvalue weighted by atomic mass is 10.1. The van der Waals surface area contributed by atoms with Crippen LogP contribution in [0.2, 0.25) is 0 Å². The fourth-order valence-electron chi connectivity index (χ4n) is 2.79. The van der Waals surface area contributed by atoms with Crippen LogP contribution in [0.1, 0.15) is 90.4 Å². The van der Waals surface area contributed by atoms with E-state index < -0.39 is 0 Å². The van der Waals surface area contributed by atoms with Gasteiger partial charge in [0.15, 0.2) is 0 Å². The first kappa shape index (κ1) is 21.6. The molecule has 25 heavy (non-hydrogen) atoms. The summed E-state index contributed by atoms with van der Waals surface area (Å²) in [4.78, 5) is 11.6. The van der Waals surface area contributed by atoms with Gasteiger partial charge in [0.2, 0.25) is 5.91 Å². The number of nitrogens with one attached hydrogen (secondary N) is 3. The van der Waals surface area contributed by atoms with Gasteiger partial charge in [-0.05, 0) is 51.4 Å². The lowest BCUT2D eigenvalue weighted by Crippen LogP contribution is -2.29. The summed E-state index contributed by atoms with van der Waals surface area (Å²) < 4.78 is 0. The summed E-state index contributed by atoms with van der Waals surface area (Å²) in [5.41, 5.74) is 5.65. The van der Waals surface area contributed by atoms with Crippen molar-refractivity contribution >= 4 is 5.91 Å². The lowest BCUT2D eigenvalue weighted by Gasteiger charge is -2.04. The zero-order valence-electron chi connectivity index (χ0n) is 15.9. The van der Waals surface area contributed by atoms with Crippen molar-refractivity contribution in [2.24, 2.45) is 10.3 Å². The first-order valence-electron chi connectivity index (χ1n) is 10.1. The van der Waals surface area contributed by atoms with E-state index in [4.69, 9.17) is 0 Å². The molecule has 1 heterocycles. The molecule has 6 heteroatoms. The standard InChI is InChI=1S/C19H37N5O/c1-2-3-4-13-16-19(25)20-17-14-11-9-7-5-6-8-10-12-15-18-21-23-24-22-18/h5,7,18H,2-4,6,8-17H2,1H3,(H,20,25)(H,21,24)(H,22,23)/b7-5+. The van der Waals surface area contributed by atoms with Gasteiger partial charge in [-0.1, -0.05) is 50.0 Å². The van der Waals surface area contributed by atoms with Crippen LogP contribution in [0.4, 0.5) is 0 Å². The van der Waals surface area contributed by atoms with Gasteiger partial charge in [-0.2, -0.15) is 5.43 Å². The highest BCUT2D eigenvalue weighted by molar-refractivity contribution is 5.75. The van der Waals surface area contributed by atoms with E-state index in [9.17, 15) is 4.79 Å². The van der Waals surface area contributed by atoms with Gasteiger partial charge in [-0.25, -0.2) is 5.53 Å². The second kappa shape index (κ2) is 16.1. The molecule has 1 atom stereocenters. The molecule has 1 aliphatic heterocycles. The van der Waals surface area contributed by atoms with Gasteiger partial charge in [-0.3, -0.25) is 4.79 Å². The van der Waals surface area contributed by atoms with Crippen molar-refractivity contribution in [1.82, 2.24) is 16.3 Å². The number of amides is 1. The predicted molar refractivity (Wildman–Crippen MR) is 103 cm³/mol. The molecule has 0 saturated carbocycles. The Morgan fingerprint density at radius 1 is 1.00 bits per heavy atom. The summed E-state index contributed by atoms with van der Waals surface area (Å²) in [6, 6.07) is 0. The topological polar surface area (TPSA) is 77.9 Å². The molecule has 3 N–H and O–H groups in total. The molecule has 1 aliphatic rings. The van der Waals surface area contributed by atoms with Gasteiger partial charge >= 0.3 is 0 Å². The number of rotatable bonds is 16. The molecule has 6 nitrogen and oxygen atoms in total. The average Bonchev–Trinajstić information content (AvgIpc) is 3.13. The third-order valence-corrected chi connectivity index (χ3v) is 4.37. The average molecular weight is 352 g/mol. The Hall–Kier alpha value is -1.43. The quantitative estimate of drug-likeness (QED) is 0.282. The zero-order chi connectivity index (χ0) is 18.0. The van der Waals surface area contributed by atoms with Crippen molar-refractivity contribution in [3.8, 4) is 0 Å². The van der Waals surface area contributed by atoms with Gasteiger partial charge in [0.05, 0.1) is 0 Å². The molecule has 0 saturated heterocycles. The predicted octanol–water partition coefficient (Wildman–Crippen LogP) is 4.55. The molecule has 1 amide bonds. The molecular formula is C19H37N5O. The maximum absolute atomic E-state index is 11.6. The molecule has 1 rings (SSSR count). The molecule has 0 spiro atoms. The maximum atomic E-state index is 11.6. The van der Waals surface area contributed by atoms with Crippen molar-refractivity contribution in [3.05, 3.63) is 12.2 Å². The minimum Gasteiger partial charge on any atom is -0.356 e. The number of nitrogens with zero attached hydrogens (tertiary/aromatic N) is 2. The van der Waals surface area contributed by atoms with Crippen molar-refractivity contribution in [2.45, 2.75) is 96.6 Å². The summed E-state index contributed by atoms with van der Waals surface area (Å²) in [5, 5.41) is 10.7. The molecule has 0 aromatic carbocycles. The van der Waals surface area contributed by atoms with E-state index in [-0.39, 0.29) is 12.1 Å². The third-order valence-electron chi connectivity index (χ3n) is 4.37. The van der Waals surface area contributed by atoms with Gasteiger partial charge in [0, 0.05) is 13.0 Å². The van der Waals surface area contributed by atoms with Crippen LogP contribution >= 0.6 is 0 Å². The Morgan fingerprint density at radius 2 is 1.76 bits per heavy atom. The van der Waals surface area contributed by atoms with Gasteiger partial charge in [0.1, 0.15) is 6.17 Å². The first-order chi connectivity index (χ1) is 12.3. The van der Waals surface area contributed by atoms with E-state index in [0.717, 1.165) is 45.1 Å². The van der Waals surface area contributed by atoms with Crippen molar-refractivity contribution in [3.63, 3.8) is 0 Å². The monoisotopic (exact) mass is 351 g/mol. The van der Waals surface area contributed by atoms with Crippen LogP contribution in [0.3, 0.4) is 0 Å². The highest BCUT2D eigenvalue weighted by Gasteiger charge is 2.08. The summed E-state index contributed by atoms with van der Waals surface area (Å²) >= 11 is 0. The normalized spacial score (nSPS) is 16.4. The van der Waals surface area contributed by atoms with Crippen LogP contribution in [0.25, 0.3) is 0 Å². The number of allylic oxidation sites excluding steroid dienone is 2. The second-order valence-corrected chi connectivity index (χ2v) is 6.75. The molecule has 0 aromatic rings. The Kier molecular flexibility index (Phi) is 13.9. The molecule has 0 bridgehead atoms. The van der Waals surface area contributed by atoms with Crippen molar-refractivity contribution in [1.29, 1.82) is 0 Å². The smallest absolute Gasteiger partial charge is 0.219 e. The largest absolute Gasteiger partial charge is 0.356 e. The fourth-order valence-corrected chi connectivity index (χ4v) is 2.79. The summed E-state index contributed by atoms with van der Waals surface area (Å²) in [5.74, 6) is 0.219. The molecular weight excluding hydrogens is 314 g/mol. The second-order valence-electron chi connectivity index (χ2n) is 6.75. The molecule has 0 aromatic heterocycles. The number of unbranched alkanes of at least 4 members (excludes halogenated alkanes) is 8. The minimum atomic E-state index is 0.160. The van der Waals surface area contributed by atoms with Gasteiger partial charge in [-0.15, -0.1) is 5.11 Å². The number of hydrogen-bond donors (Lipinski definition) is 3. The molecule has 144 valence electrons. The summed E-state index contributed by atoms with van der Waals surface area (Å²) in [7, 11) is 0. The molecule has 1 unspecified atom stereocenters. The maximum Gasteiger partial charge on any atom is 0.219 e. The highest BCUT2D eigenvalue weighted by atomic mass is 16.1. The van der Waals surface area contributed by atoms with Gasteiger partial charge in [0.25, 0.3) is 0 Å². The van der Waals surface area contributed by atoms with Crippen LogP contribution in [0.15, 0.2) is 22.5 Å². The Labute approximate surface area is 153 Å². The van der Waals surface area contributed by atoms with E-state index in [1.54, 1.807) is 0 Å². The van der Waals surface area contributed by atoms with E-state index in [1.165, 1.54) is 38.5 Å². The van der Waals surface area contributed by atoms with Crippen LogP contribution in [0.5, 0.6) is 0 Å². The zero-order valence-corrected chi connectivity index (χ0v) is 15.9. The van der Waals surface area contributed by atoms with E-state index in [2.05, 4.69) is 45.7 Å². The van der Waals surface area contributed by atoms with E-state index in [0.29, 0.717) is 6.42 Å². The van der Waals surface area contributed by atoms with Crippen LogP contribution in [0, 0.1) is 0 Å². The van der Waals surface area contributed by atoms with E-state index in [1.807, 2.05) is 0 Å². The van der Waals surface area contributed by atoms with E-state index >= 15 is 0 Å². The van der Waals surface area contributed by atoms with Crippen LogP contribution in [-0.4, -0.2) is 18.6 Å². The summed E-state index contributed by atoms with van der Waals surface area (Å²) in [6.45, 7) is 3.01. The fraction of sp³-hybridized carbons (Fsp3) is 0.842. The van der Waals surface area contributed by atoms with Crippen molar-refractivity contribution < 1.29 is 4.79 Å². The van der Waals surface area contributed by atoms with Crippen LogP contribution in [-0.2, 0) is 4.79 Å². The third kappa shape index (κ3) is 13.5. The Balaban J connectivity index is 1.77. The Morgan fingerprint density at radius 3 is 2.48 bits per heavy atom. The SMILES string of the molecule is CCCCCCC(=O)NCCCC/C=C/CCCCCC1N=NNN1. The number of carbonyl (C=O) groups is 1. The number of hydrogen-bond acceptors (Lipinski definition) is 5. The lowest BCUT2D eigenvalue weighted by molar-refractivity contribution is -0.121. The number of hydrazine groups is 1. The minimum absolute atomic E-state index is 0.160. The van der Waals surface area contributed by atoms with Crippen LogP contribution < -0.4 is 16.3 Å². The number of carbonyl (C=O) groups excluding carboxylic acids is 1.